The molecule has 0 heterocycles. The molecule has 1 aliphatic rings. The van der Waals surface area contributed by atoms with Gasteiger partial charge in [-0.3, -0.25) is 11.3 Å². The Morgan fingerprint density at radius 1 is 1.16 bits per heavy atom. The van der Waals surface area contributed by atoms with E-state index >= 15 is 0 Å². The molecule has 1 aromatic rings. The molecular weight excluding hydrogens is 236 g/mol. The van der Waals surface area contributed by atoms with Crippen molar-refractivity contribution in [1.82, 2.24) is 5.43 Å². The average Bonchev–Trinajstić information content (AvgIpc) is 2.71. The van der Waals surface area contributed by atoms with Crippen molar-refractivity contribution in [3.8, 4) is 5.75 Å². The van der Waals surface area contributed by atoms with Gasteiger partial charge in [-0.05, 0) is 43.4 Å². The minimum Gasteiger partial charge on any atom is -0.494 e. The Kier molecular flexibility index (Phi) is 5.67. The molecule has 19 heavy (non-hydrogen) atoms. The Labute approximate surface area is 116 Å². The van der Waals surface area contributed by atoms with Gasteiger partial charge in [0.25, 0.3) is 0 Å². The number of ether oxygens (including phenoxy) is 1. The Bertz CT molecular complexity index is 356. The highest BCUT2D eigenvalue weighted by atomic mass is 16.5. The number of hydrogen-bond donors (Lipinski definition) is 2. The van der Waals surface area contributed by atoms with Crippen LogP contribution in [0.4, 0.5) is 0 Å². The maximum atomic E-state index is 5.80. The molecule has 0 spiro atoms. The summed E-state index contributed by atoms with van der Waals surface area (Å²) >= 11 is 0. The standard InChI is InChI=1S/C16H26N2O/c1-2-19-15-11-9-14(10-12-15)16(18-17)13-7-5-3-4-6-8-13/h9-13,16,18H,2-8,17H2,1H3. The van der Waals surface area contributed by atoms with Crippen LogP contribution in [-0.2, 0) is 0 Å². The summed E-state index contributed by atoms with van der Waals surface area (Å²) in [5.41, 5.74) is 4.30. The molecule has 3 heteroatoms. The van der Waals surface area contributed by atoms with Gasteiger partial charge >= 0.3 is 0 Å². The van der Waals surface area contributed by atoms with Crippen molar-refractivity contribution in [2.75, 3.05) is 6.61 Å². The lowest BCUT2D eigenvalue weighted by Crippen LogP contribution is -2.33. The first kappa shape index (κ1) is 14.4. The first-order chi connectivity index (χ1) is 9.35. The zero-order valence-corrected chi connectivity index (χ0v) is 11.9. The third kappa shape index (κ3) is 3.95. The van der Waals surface area contributed by atoms with Gasteiger partial charge in [0.1, 0.15) is 5.75 Å². The van der Waals surface area contributed by atoms with Gasteiger partial charge in [0.2, 0.25) is 0 Å². The van der Waals surface area contributed by atoms with Crippen molar-refractivity contribution in [3.63, 3.8) is 0 Å². The zero-order chi connectivity index (χ0) is 13.5. The smallest absolute Gasteiger partial charge is 0.119 e. The van der Waals surface area contributed by atoms with Crippen molar-refractivity contribution in [2.45, 2.75) is 51.5 Å². The molecule has 0 amide bonds. The Balaban J connectivity index is 2.06. The third-order valence-electron chi connectivity index (χ3n) is 4.10. The number of nitrogens with one attached hydrogen (secondary N) is 1. The van der Waals surface area contributed by atoms with E-state index in [9.17, 15) is 0 Å². The summed E-state index contributed by atoms with van der Waals surface area (Å²) in [7, 11) is 0. The van der Waals surface area contributed by atoms with Crippen LogP contribution in [0.2, 0.25) is 0 Å². The van der Waals surface area contributed by atoms with Crippen LogP contribution in [-0.4, -0.2) is 6.61 Å². The van der Waals surface area contributed by atoms with Crippen LogP contribution in [0.15, 0.2) is 24.3 Å². The normalized spacial score (nSPS) is 18.8. The number of nitrogens with two attached hydrogens (primary N) is 1. The highest BCUT2D eigenvalue weighted by molar-refractivity contribution is 5.29. The molecule has 1 aromatic carbocycles. The van der Waals surface area contributed by atoms with Crippen molar-refractivity contribution in [2.24, 2.45) is 11.8 Å². The fourth-order valence-electron chi connectivity index (χ4n) is 3.09. The minimum absolute atomic E-state index is 0.272. The van der Waals surface area contributed by atoms with Gasteiger partial charge in [0, 0.05) is 6.04 Å². The molecule has 1 atom stereocenters. The van der Waals surface area contributed by atoms with Crippen LogP contribution in [0.5, 0.6) is 5.75 Å². The highest BCUT2D eigenvalue weighted by Crippen LogP contribution is 2.33. The fourth-order valence-corrected chi connectivity index (χ4v) is 3.09. The van der Waals surface area contributed by atoms with Crippen LogP contribution in [0.25, 0.3) is 0 Å². The molecule has 1 aliphatic carbocycles. The first-order valence-electron chi connectivity index (χ1n) is 7.54. The lowest BCUT2D eigenvalue weighted by atomic mass is 9.87. The monoisotopic (exact) mass is 262 g/mol. The van der Waals surface area contributed by atoms with E-state index < -0.39 is 0 Å². The summed E-state index contributed by atoms with van der Waals surface area (Å²) in [6, 6.07) is 8.63. The van der Waals surface area contributed by atoms with Crippen molar-refractivity contribution < 1.29 is 4.74 Å². The molecule has 3 nitrogen and oxygen atoms in total. The van der Waals surface area contributed by atoms with E-state index in [-0.39, 0.29) is 6.04 Å². The number of hydrazine groups is 1. The van der Waals surface area contributed by atoms with Crippen LogP contribution < -0.4 is 16.0 Å². The van der Waals surface area contributed by atoms with Gasteiger partial charge in [-0.2, -0.15) is 0 Å². The summed E-state index contributed by atoms with van der Waals surface area (Å²) in [5.74, 6) is 7.39. The minimum atomic E-state index is 0.272. The predicted octanol–water partition coefficient (Wildman–Crippen LogP) is 3.56. The topological polar surface area (TPSA) is 47.3 Å². The maximum Gasteiger partial charge on any atom is 0.119 e. The molecule has 106 valence electrons. The van der Waals surface area contributed by atoms with E-state index in [0.717, 1.165) is 5.75 Å². The van der Waals surface area contributed by atoms with Gasteiger partial charge in [-0.25, -0.2) is 0 Å². The molecule has 0 bridgehead atoms. The highest BCUT2D eigenvalue weighted by Gasteiger charge is 2.23. The third-order valence-corrected chi connectivity index (χ3v) is 4.10. The number of rotatable bonds is 5. The first-order valence-corrected chi connectivity index (χ1v) is 7.54. The van der Waals surface area contributed by atoms with Crippen molar-refractivity contribution in [1.29, 1.82) is 0 Å². The molecule has 0 radical (unpaired) electrons. The SMILES string of the molecule is CCOc1ccc(C(NN)C2CCCCCC2)cc1. The van der Waals surface area contributed by atoms with Gasteiger partial charge in [0.15, 0.2) is 0 Å². The summed E-state index contributed by atoms with van der Waals surface area (Å²) in [6.07, 6.45) is 7.97. The second-order valence-corrected chi connectivity index (χ2v) is 5.40. The van der Waals surface area contributed by atoms with Gasteiger partial charge < -0.3 is 4.74 Å². The molecule has 3 N–H and O–H groups in total. The molecule has 1 saturated carbocycles. The van der Waals surface area contributed by atoms with Gasteiger partial charge in [0.05, 0.1) is 6.61 Å². The summed E-state index contributed by atoms with van der Waals surface area (Å²) in [6.45, 7) is 2.71. The van der Waals surface area contributed by atoms with Gasteiger partial charge in [-0.1, -0.05) is 37.8 Å². The van der Waals surface area contributed by atoms with E-state index in [4.69, 9.17) is 10.6 Å². The van der Waals surface area contributed by atoms with Crippen LogP contribution in [0.3, 0.4) is 0 Å². The molecule has 0 aromatic heterocycles. The maximum absolute atomic E-state index is 5.80. The van der Waals surface area contributed by atoms with Crippen LogP contribution >= 0.6 is 0 Å². The van der Waals surface area contributed by atoms with E-state index in [1.54, 1.807) is 0 Å². The van der Waals surface area contributed by atoms with Crippen LogP contribution in [0.1, 0.15) is 57.1 Å². The average molecular weight is 262 g/mol. The Morgan fingerprint density at radius 3 is 2.32 bits per heavy atom. The largest absolute Gasteiger partial charge is 0.494 e. The number of benzene rings is 1. The van der Waals surface area contributed by atoms with Gasteiger partial charge in [-0.15, -0.1) is 0 Å². The molecule has 1 fully saturated rings. The quantitative estimate of drug-likeness (QED) is 0.484. The van der Waals surface area contributed by atoms with E-state index in [2.05, 4.69) is 17.6 Å². The number of hydrogen-bond acceptors (Lipinski definition) is 3. The van der Waals surface area contributed by atoms with Crippen molar-refractivity contribution >= 4 is 0 Å². The zero-order valence-electron chi connectivity index (χ0n) is 11.9. The fraction of sp³-hybridized carbons (Fsp3) is 0.625. The second kappa shape index (κ2) is 7.51. The predicted molar refractivity (Wildman–Crippen MR) is 78.9 cm³/mol. The van der Waals surface area contributed by atoms with E-state index in [0.29, 0.717) is 12.5 Å². The molecule has 0 aliphatic heterocycles. The lowest BCUT2D eigenvalue weighted by Gasteiger charge is -2.26. The molecule has 0 saturated heterocycles. The van der Waals surface area contributed by atoms with E-state index in [1.807, 2.05) is 19.1 Å². The molecular formula is C16H26N2O. The molecule has 1 unspecified atom stereocenters. The lowest BCUT2D eigenvalue weighted by molar-refractivity contribution is 0.326. The Hall–Kier alpha value is -1.06. The summed E-state index contributed by atoms with van der Waals surface area (Å²) in [5, 5.41) is 0. The van der Waals surface area contributed by atoms with Crippen LogP contribution in [0, 0.1) is 5.92 Å². The Morgan fingerprint density at radius 2 is 1.79 bits per heavy atom. The molecule has 2 rings (SSSR count). The second-order valence-electron chi connectivity index (χ2n) is 5.40. The van der Waals surface area contributed by atoms with Crippen molar-refractivity contribution in [3.05, 3.63) is 29.8 Å². The summed E-state index contributed by atoms with van der Waals surface area (Å²) < 4.78 is 5.49. The summed E-state index contributed by atoms with van der Waals surface area (Å²) in [4.78, 5) is 0. The van der Waals surface area contributed by atoms with E-state index in [1.165, 1.54) is 44.1 Å².